The van der Waals surface area contributed by atoms with Gasteiger partial charge in [0, 0.05) is 6.61 Å². The molecule has 2 unspecified atom stereocenters. The van der Waals surface area contributed by atoms with Gasteiger partial charge in [-0.25, -0.2) is 19.2 Å². The molecule has 8 rings (SSSR count). The highest BCUT2D eigenvalue weighted by Crippen LogP contribution is 2.40. The lowest BCUT2D eigenvalue weighted by Gasteiger charge is -2.50. The van der Waals surface area contributed by atoms with Crippen LogP contribution in [0, 0.1) is 0 Å². The average Bonchev–Trinajstić information content (AvgIpc) is 0.763. The summed E-state index contributed by atoms with van der Waals surface area (Å²) in [6, 6.07) is -10.1. The van der Waals surface area contributed by atoms with Crippen LogP contribution in [0.3, 0.4) is 0 Å². The van der Waals surface area contributed by atoms with E-state index in [-0.39, 0.29) is 6.61 Å². The average molecular weight is 1770 g/mol. The van der Waals surface area contributed by atoms with Crippen molar-refractivity contribution in [2.75, 3.05) is 39.6 Å². The van der Waals surface area contributed by atoms with E-state index in [2.05, 4.69) is 0 Å². The van der Waals surface area contributed by atoms with Gasteiger partial charge in [0.05, 0.1) is 26.4 Å². The maximum atomic E-state index is 13.0. The van der Waals surface area contributed by atoms with Crippen molar-refractivity contribution >= 4 is 65.1 Å². The number of carboxylic acid groups (broad SMARTS) is 4. The number of nitrogens with two attached hydrogens (primary N) is 1. The number of ether oxygens (including phenoxy) is 16. The van der Waals surface area contributed by atoms with Gasteiger partial charge in [-0.2, -0.15) is 52.6 Å². The molecule has 0 radical (unpaired) electrons. The molecule has 0 saturated carbocycles. The van der Waals surface area contributed by atoms with Crippen LogP contribution in [0.15, 0.2) is 0 Å². The zero-order chi connectivity index (χ0) is 85.9. The Morgan fingerprint density at radius 3 is 0.765 bits per heavy atom. The van der Waals surface area contributed by atoms with Crippen molar-refractivity contribution in [1.29, 1.82) is 0 Å². The molecule has 0 aromatic heterocycles. The summed E-state index contributed by atoms with van der Waals surface area (Å²) >= 11 is 0. The highest BCUT2D eigenvalue weighted by molar-refractivity contribution is 7.84. The molecule has 31 N–H and O–H groups in total. The molecule has 0 aromatic carbocycles. The summed E-state index contributed by atoms with van der Waals surface area (Å²) in [5, 5.41) is 230. The number of unbranched alkanes of at least 4 members (excludes halogenated alkanes) is 2. The smallest absolute Gasteiger partial charge is 0.335 e. The van der Waals surface area contributed by atoms with Gasteiger partial charge < -0.3 is 189 Å². The minimum atomic E-state index is -5.76. The van der Waals surface area contributed by atoms with Gasteiger partial charge in [-0.15, -0.1) is 0 Å². The fraction of sp³-hybridized carbons (Fsp3) is 0.925. The molecular weight excluding hydrogens is 1680 g/mol. The summed E-state index contributed by atoms with van der Waals surface area (Å²) in [6.07, 6.45) is -89.1. The van der Waals surface area contributed by atoms with E-state index in [9.17, 15) is 178 Å². The van der Waals surface area contributed by atoms with Crippen molar-refractivity contribution in [3.8, 4) is 0 Å². The molecule has 8 aliphatic rings. The molecule has 0 aliphatic carbocycles. The SMILES string of the molecule is NCCCCCO[C@@H]1OC(C(=O)O)[C@@H](O[C@H]2O[C@H](CO)[C@@H](O[C@@H]3O[C@@H](C(=O)O)[C@@H](O[C@H]4O[C@H](CO)[C@@H](O[C@@H]5OC(C(=O)O)[C@@H](O[C@H]6O[C@H](CO)[C@@H](O[C@@H]7O[C@@H](C(=O)O)[C@@H](O[C@H]8O[C@H](CO)[C@@H](O)[C@H](O)[C@H]8NS(=O)(=O)O)[C@H](O)[C@H]7O)[C@H](O)[C@H]6NS(=O)(=O)O)[C@H](O)[C@H]5O)[C@H](O)[C@H]4NS(=O)(=O)O)[C@H](O)[C@H]3O)[C@H](O)[C@H]2NS(=O)(=O)O)[C@H](O)[C@H]1O. The number of aliphatic carboxylic acids is 4. The molecule has 668 valence electrons. The molecule has 115 heavy (non-hydrogen) atoms. The standard InChI is InChI=1S/C53H89N5O53S4/c54-4-2-1-3-5-96-50-27(72)23(68)34(38(108-50)42(76)77)105-47-15(56-113(87,88)89)20(65)31(11(7-60)98-47)102-52-29(74)25(70)36(40(110-52)44(80)81)107-49-17(58-115(93,94)95)22(67)33(13(9-62)100-49)103-53-30(75)26(71)37(41(111-53)45(82)83)106-48-16(57-114(90,91)92)21(66)32(12(8-61)99-48)101-51-28(73)24(69)35(39(109-51)43(78)79)104-46-14(55-112(84,85)86)19(64)18(63)10(6-59)97-46/h10-41,46-53,55-75H,1-9,54H2,(H,76,77)(H,78,79)(H,80,81)(H,82,83)(H,84,85,86)(H,87,88,89)(H,90,91,92)(H,93,94,95)/t10-,11-,12-,13-,14-,15-,16-,17-,18-,19-,20-,21-,22-,23-,24-,25-,26-,27-,28-,29-,30-,31-,32-,33-,34+,35+,36+,37+,38?,39-,40-,41?,46-,47-,48-,49-,50-,51-,52-,53-/m1/s1. The Morgan fingerprint density at radius 2 is 0.522 bits per heavy atom. The van der Waals surface area contributed by atoms with E-state index in [0.717, 1.165) is 0 Å². The monoisotopic (exact) mass is 1770 g/mol. The maximum Gasteiger partial charge on any atom is 0.335 e. The normalized spacial score (nSPS) is 44.6. The van der Waals surface area contributed by atoms with Crippen LogP contribution < -0.4 is 24.6 Å². The van der Waals surface area contributed by atoms with E-state index in [1.54, 1.807) is 0 Å². The van der Waals surface area contributed by atoms with E-state index in [1.165, 1.54) is 18.9 Å². The van der Waals surface area contributed by atoms with Crippen LogP contribution in [-0.4, -0.2) is 468 Å². The molecule has 8 saturated heterocycles. The summed E-state index contributed by atoms with van der Waals surface area (Å²) in [4.78, 5) is 51.1. The van der Waals surface area contributed by atoms with Crippen molar-refractivity contribution < 1.29 is 254 Å². The number of carboxylic acids is 4. The Labute approximate surface area is 645 Å². The predicted octanol–water partition coefficient (Wildman–Crippen LogP) is -19.3. The summed E-state index contributed by atoms with van der Waals surface area (Å²) in [7, 11) is -22.4. The number of rotatable bonds is 36. The molecule has 0 amide bonds. The predicted molar refractivity (Wildman–Crippen MR) is 343 cm³/mol. The van der Waals surface area contributed by atoms with Crippen LogP contribution >= 0.6 is 0 Å². The van der Waals surface area contributed by atoms with E-state index in [0.29, 0.717) is 25.8 Å². The molecule has 0 aromatic rings. The van der Waals surface area contributed by atoms with Gasteiger partial charge in [0.1, 0.15) is 171 Å². The van der Waals surface area contributed by atoms with Crippen LogP contribution in [0.4, 0.5) is 0 Å². The minimum Gasteiger partial charge on any atom is -0.479 e. The van der Waals surface area contributed by atoms with Gasteiger partial charge in [-0.05, 0) is 25.8 Å². The molecular formula is C53H89N5O53S4. The van der Waals surface area contributed by atoms with Gasteiger partial charge >= 0.3 is 65.1 Å². The van der Waals surface area contributed by atoms with Crippen LogP contribution in [0.1, 0.15) is 19.3 Å². The fourth-order valence-corrected chi connectivity index (χ4v) is 15.8. The van der Waals surface area contributed by atoms with Gasteiger partial charge in [-0.1, -0.05) is 0 Å². The largest absolute Gasteiger partial charge is 0.479 e. The van der Waals surface area contributed by atoms with Crippen molar-refractivity contribution in [3.63, 3.8) is 0 Å². The molecule has 58 nitrogen and oxygen atoms in total. The summed E-state index contributed by atoms with van der Waals surface area (Å²) < 4.78 is 231. The zero-order valence-corrected chi connectivity index (χ0v) is 61.5. The Kier molecular flexibility index (Phi) is 33.5. The van der Waals surface area contributed by atoms with Crippen LogP contribution in [0.5, 0.6) is 0 Å². The first-order valence-electron chi connectivity index (χ1n) is 33.8. The number of aliphatic hydroxyl groups is 17. The highest BCUT2D eigenvalue weighted by atomic mass is 32.2. The molecule has 8 fully saturated rings. The first-order chi connectivity index (χ1) is 53.5. The molecule has 8 aliphatic heterocycles. The molecule has 0 bridgehead atoms. The quantitative estimate of drug-likeness (QED) is 0.0205. The van der Waals surface area contributed by atoms with Crippen molar-refractivity contribution in [2.24, 2.45) is 5.73 Å². The second-order valence-corrected chi connectivity index (χ2v) is 31.5. The van der Waals surface area contributed by atoms with Crippen molar-refractivity contribution in [1.82, 2.24) is 18.9 Å². The van der Waals surface area contributed by atoms with E-state index in [4.69, 9.17) is 81.5 Å². The first kappa shape index (κ1) is 96.5. The number of hydrogen-bond donors (Lipinski definition) is 30. The first-order valence-corrected chi connectivity index (χ1v) is 39.6. The third kappa shape index (κ3) is 23.2. The van der Waals surface area contributed by atoms with Gasteiger partial charge in [-0.3, -0.25) is 18.2 Å². The Bertz CT molecular complexity index is 3710. The van der Waals surface area contributed by atoms with E-state index >= 15 is 0 Å². The number of hydrogen-bond acceptors (Lipinski definition) is 46. The minimum absolute atomic E-state index is 0.154. The zero-order valence-electron chi connectivity index (χ0n) is 58.3. The highest BCUT2D eigenvalue weighted by Gasteiger charge is 2.63. The van der Waals surface area contributed by atoms with Crippen molar-refractivity contribution in [2.45, 2.75) is 265 Å². The third-order valence-electron chi connectivity index (χ3n) is 18.9. The Morgan fingerprint density at radius 1 is 0.287 bits per heavy atom. The lowest BCUT2D eigenvalue weighted by atomic mass is 9.94. The molecule has 0 spiro atoms. The number of aliphatic hydroxyl groups excluding tert-OH is 17. The number of nitrogens with one attached hydrogen (secondary N) is 4. The number of carbonyl (C=O) groups is 4. The molecule has 40 atom stereocenters. The maximum absolute atomic E-state index is 13.0. The second kappa shape index (κ2) is 39.9. The van der Waals surface area contributed by atoms with Gasteiger partial charge in [0.25, 0.3) is 0 Å². The fourth-order valence-electron chi connectivity index (χ4n) is 13.4. The lowest BCUT2D eigenvalue weighted by Crippen LogP contribution is -2.71. The Balaban J connectivity index is 0.964. The molecule has 62 heteroatoms. The van der Waals surface area contributed by atoms with Crippen molar-refractivity contribution in [3.05, 3.63) is 0 Å². The van der Waals surface area contributed by atoms with Crippen LogP contribution in [0.2, 0.25) is 0 Å². The van der Waals surface area contributed by atoms with Gasteiger partial charge in [0.2, 0.25) is 0 Å². The summed E-state index contributed by atoms with van der Waals surface area (Å²) in [5.74, 6) is -8.54. The summed E-state index contributed by atoms with van der Waals surface area (Å²) in [6.45, 7) is -5.34. The van der Waals surface area contributed by atoms with Gasteiger partial charge in [0.15, 0.2) is 74.7 Å². The van der Waals surface area contributed by atoms with Crippen LogP contribution in [-0.2, 0) is 136 Å². The van der Waals surface area contributed by atoms with Crippen LogP contribution in [0.25, 0.3) is 0 Å². The van der Waals surface area contributed by atoms with E-state index in [1.807, 2.05) is 0 Å². The van der Waals surface area contributed by atoms with E-state index < -0.39 is 337 Å². The molecule has 8 heterocycles. The third-order valence-corrected chi connectivity index (χ3v) is 21.2. The summed E-state index contributed by atoms with van der Waals surface area (Å²) in [5.41, 5.74) is 5.47. The topological polar surface area (TPSA) is 932 Å². The Hall–Kier alpha value is -4.00. The lowest BCUT2D eigenvalue weighted by molar-refractivity contribution is -0.382. The second-order valence-electron chi connectivity index (χ2n) is 26.7.